The normalized spacial score (nSPS) is 10.3. The lowest BCUT2D eigenvalue weighted by Crippen LogP contribution is -2.21. The zero-order valence-electron chi connectivity index (χ0n) is 14.2. The van der Waals surface area contributed by atoms with Gasteiger partial charge in [-0.05, 0) is 43.3 Å². The summed E-state index contributed by atoms with van der Waals surface area (Å²) < 4.78 is 0. The van der Waals surface area contributed by atoms with E-state index in [-0.39, 0.29) is 24.3 Å². The van der Waals surface area contributed by atoms with Gasteiger partial charge in [0.15, 0.2) is 0 Å². The highest BCUT2D eigenvalue weighted by Gasteiger charge is 2.07. The van der Waals surface area contributed by atoms with Crippen LogP contribution in [0.5, 0.6) is 0 Å². The fourth-order valence-corrected chi connectivity index (χ4v) is 1.98. The maximum absolute atomic E-state index is 11.9. The van der Waals surface area contributed by atoms with E-state index < -0.39 is 0 Å². The Kier molecular flexibility index (Phi) is 5.95. The number of nitrogens with one attached hydrogen (secondary N) is 3. The van der Waals surface area contributed by atoms with Gasteiger partial charge in [-0.1, -0.05) is 31.5 Å². The van der Waals surface area contributed by atoms with Gasteiger partial charge in [-0.2, -0.15) is 0 Å². The number of amides is 2. The third-order valence-corrected chi connectivity index (χ3v) is 3.47. The first kappa shape index (κ1) is 17.5. The molecule has 0 atom stereocenters. The van der Waals surface area contributed by atoms with Crippen molar-refractivity contribution in [1.82, 2.24) is 0 Å². The van der Waals surface area contributed by atoms with Crippen molar-refractivity contribution in [2.75, 3.05) is 22.5 Å². The van der Waals surface area contributed by atoms with E-state index in [1.807, 2.05) is 57.2 Å². The second-order valence-electron chi connectivity index (χ2n) is 5.99. The Labute approximate surface area is 142 Å². The average molecular weight is 325 g/mol. The van der Waals surface area contributed by atoms with Crippen molar-refractivity contribution in [3.05, 3.63) is 54.1 Å². The van der Waals surface area contributed by atoms with Crippen molar-refractivity contribution in [2.24, 2.45) is 5.92 Å². The van der Waals surface area contributed by atoms with Crippen LogP contribution in [0.3, 0.4) is 0 Å². The molecule has 0 heterocycles. The van der Waals surface area contributed by atoms with Gasteiger partial charge in [0.05, 0.1) is 6.54 Å². The molecule has 0 aromatic heterocycles. The summed E-state index contributed by atoms with van der Waals surface area (Å²) in [6, 6.07) is 14.9. The third kappa shape index (κ3) is 5.43. The van der Waals surface area contributed by atoms with Crippen molar-refractivity contribution in [2.45, 2.75) is 20.8 Å². The third-order valence-electron chi connectivity index (χ3n) is 3.47. The molecule has 2 aromatic carbocycles. The molecular weight excluding hydrogens is 302 g/mol. The Morgan fingerprint density at radius 1 is 0.833 bits per heavy atom. The number of hydrogen-bond donors (Lipinski definition) is 3. The van der Waals surface area contributed by atoms with Crippen LogP contribution < -0.4 is 16.0 Å². The minimum atomic E-state index is -0.115. The highest BCUT2D eigenvalue weighted by Crippen LogP contribution is 2.14. The summed E-state index contributed by atoms with van der Waals surface area (Å²) in [7, 11) is 0. The molecule has 0 fully saturated rings. The molecule has 0 aliphatic heterocycles. The molecule has 0 spiro atoms. The van der Waals surface area contributed by atoms with Gasteiger partial charge in [-0.3, -0.25) is 9.59 Å². The Morgan fingerprint density at radius 3 is 1.92 bits per heavy atom. The number of benzene rings is 2. The van der Waals surface area contributed by atoms with Gasteiger partial charge < -0.3 is 16.0 Å². The summed E-state index contributed by atoms with van der Waals surface area (Å²) in [6.45, 7) is 5.86. The monoisotopic (exact) mass is 325 g/mol. The topological polar surface area (TPSA) is 70.2 Å². The molecule has 0 saturated heterocycles. The van der Waals surface area contributed by atoms with Gasteiger partial charge in [0.25, 0.3) is 0 Å². The fraction of sp³-hybridized carbons (Fsp3) is 0.263. The van der Waals surface area contributed by atoms with Crippen LogP contribution in [0.2, 0.25) is 0 Å². The molecule has 2 rings (SSSR count). The predicted molar refractivity (Wildman–Crippen MR) is 98.2 cm³/mol. The summed E-state index contributed by atoms with van der Waals surface area (Å²) in [5, 5.41) is 8.71. The van der Waals surface area contributed by atoms with Crippen LogP contribution in [0.4, 0.5) is 17.1 Å². The Balaban J connectivity index is 1.82. The second-order valence-corrected chi connectivity index (χ2v) is 5.99. The van der Waals surface area contributed by atoms with Crippen molar-refractivity contribution in [1.29, 1.82) is 0 Å². The Bertz CT molecular complexity index is 692. The lowest BCUT2D eigenvalue weighted by Gasteiger charge is -2.10. The largest absolute Gasteiger partial charge is 0.376 e. The number of anilines is 3. The van der Waals surface area contributed by atoms with Crippen LogP contribution in [0, 0.1) is 12.8 Å². The first-order valence-corrected chi connectivity index (χ1v) is 7.95. The molecule has 126 valence electrons. The molecule has 5 nitrogen and oxygen atoms in total. The predicted octanol–water partition coefficient (Wildman–Crippen LogP) is 3.64. The van der Waals surface area contributed by atoms with E-state index in [0.717, 1.165) is 22.6 Å². The molecule has 5 heteroatoms. The smallest absolute Gasteiger partial charge is 0.243 e. The molecule has 0 radical (unpaired) electrons. The van der Waals surface area contributed by atoms with Crippen molar-refractivity contribution in [3.63, 3.8) is 0 Å². The lowest BCUT2D eigenvalue weighted by molar-refractivity contribution is -0.119. The van der Waals surface area contributed by atoms with Crippen LogP contribution in [0.15, 0.2) is 48.5 Å². The SMILES string of the molecule is Cc1ccc(NC(=O)CNc2ccc(NC(=O)C(C)C)cc2)cc1. The second kappa shape index (κ2) is 8.15. The minimum absolute atomic E-state index is 0.0202. The van der Waals surface area contributed by atoms with Gasteiger partial charge in [0, 0.05) is 23.0 Å². The zero-order valence-corrected chi connectivity index (χ0v) is 14.2. The number of hydrogen-bond acceptors (Lipinski definition) is 3. The van der Waals surface area contributed by atoms with E-state index in [9.17, 15) is 9.59 Å². The van der Waals surface area contributed by atoms with Crippen LogP contribution in [0.1, 0.15) is 19.4 Å². The van der Waals surface area contributed by atoms with Gasteiger partial charge in [0.1, 0.15) is 0 Å². The molecule has 24 heavy (non-hydrogen) atoms. The van der Waals surface area contributed by atoms with E-state index in [1.165, 1.54) is 0 Å². The maximum atomic E-state index is 11.9. The molecule has 0 aliphatic carbocycles. The molecule has 0 bridgehead atoms. The Morgan fingerprint density at radius 2 is 1.33 bits per heavy atom. The van der Waals surface area contributed by atoms with Crippen LogP contribution >= 0.6 is 0 Å². The summed E-state index contributed by atoms with van der Waals surface area (Å²) in [4.78, 5) is 23.6. The summed E-state index contributed by atoms with van der Waals surface area (Å²) in [5.41, 5.74) is 3.48. The molecule has 3 N–H and O–H groups in total. The molecule has 0 saturated carbocycles. The summed E-state index contributed by atoms with van der Waals surface area (Å²) in [5.74, 6) is -0.197. The first-order chi connectivity index (χ1) is 11.4. The van der Waals surface area contributed by atoms with Crippen molar-refractivity contribution < 1.29 is 9.59 Å². The molecule has 2 amide bonds. The highest BCUT2D eigenvalue weighted by molar-refractivity contribution is 5.94. The van der Waals surface area contributed by atoms with Gasteiger partial charge in [0.2, 0.25) is 11.8 Å². The van der Waals surface area contributed by atoms with E-state index in [4.69, 9.17) is 0 Å². The van der Waals surface area contributed by atoms with Crippen molar-refractivity contribution in [3.8, 4) is 0 Å². The number of rotatable bonds is 6. The zero-order chi connectivity index (χ0) is 17.5. The number of carbonyl (C=O) groups is 2. The van der Waals surface area contributed by atoms with E-state index in [2.05, 4.69) is 16.0 Å². The Hall–Kier alpha value is -2.82. The molecule has 0 unspecified atom stereocenters. The van der Waals surface area contributed by atoms with Crippen LogP contribution in [-0.2, 0) is 9.59 Å². The highest BCUT2D eigenvalue weighted by atomic mass is 16.2. The quantitative estimate of drug-likeness (QED) is 0.759. The molecular formula is C19H23N3O2. The van der Waals surface area contributed by atoms with Gasteiger partial charge in [-0.25, -0.2) is 0 Å². The fourth-order valence-electron chi connectivity index (χ4n) is 1.98. The molecule has 2 aromatic rings. The van der Waals surface area contributed by atoms with Crippen LogP contribution in [0.25, 0.3) is 0 Å². The standard InChI is InChI=1S/C19H23N3O2/c1-13(2)19(24)22-17-10-8-15(9-11-17)20-12-18(23)21-16-6-4-14(3)5-7-16/h4-11,13,20H,12H2,1-3H3,(H,21,23)(H,22,24). The molecule has 0 aliphatic rings. The summed E-state index contributed by atoms with van der Waals surface area (Å²) in [6.07, 6.45) is 0. The van der Waals surface area contributed by atoms with Crippen LogP contribution in [-0.4, -0.2) is 18.4 Å². The first-order valence-electron chi connectivity index (χ1n) is 7.95. The minimum Gasteiger partial charge on any atom is -0.376 e. The van der Waals surface area contributed by atoms with E-state index in [1.54, 1.807) is 12.1 Å². The van der Waals surface area contributed by atoms with E-state index >= 15 is 0 Å². The average Bonchev–Trinajstić information content (AvgIpc) is 2.56. The van der Waals surface area contributed by atoms with Gasteiger partial charge in [-0.15, -0.1) is 0 Å². The number of carbonyl (C=O) groups excluding carboxylic acids is 2. The lowest BCUT2D eigenvalue weighted by atomic mass is 10.2. The van der Waals surface area contributed by atoms with Gasteiger partial charge >= 0.3 is 0 Å². The summed E-state index contributed by atoms with van der Waals surface area (Å²) >= 11 is 0. The number of aryl methyl sites for hydroxylation is 1. The maximum Gasteiger partial charge on any atom is 0.243 e. The van der Waals surface area contributed by atoms with E-state index in [0.29, 0.717) is 0 Å². The van der Waals surface area contributed by atoms with Crippen molar-refractivity contribution >= 4 is 28.9 Å².